The van der Waals surface area contributed by atoms with E-state index in [0.717, 1.165) is 11.1 Å². The van der Waals surface area contributed by atoms with Crippen molar-refractivity contribution in [3.63, 3.8) is 0 Å². The van der Waals surface area contributed by atoms with Crippen molar-refractivity contribution >= 4 is 22.4 Å². The number of ether oxygens (including phenoxy) is 2. The zero-order valence-electron chi connectivity index (χ0n) is 13.7. The molecule has 0 spiro atoms. The third kappa shape index (κ3) is 4.08. The van der Waals surface area contributed by atoms with Crippen LogP contribution in [-0.2, 0) is 4.74 Å². The first-order valence-corrected chi connectivity index (χ1v) is 8.60. The van der Waals surface area contributed by atoms with E-state index in [-0.39, 0.29) is 11.5 Å². The third-order valence-corrected chi connectivity index (χ3v) is 4.59. The van der Waals surface area contributed by atoms with Crippen LogP contribution in [0.15, 0.2) is 72.8 Å². The molecule has 0 saturated heterocycles. The molecule has 0 amide bonds. The monoisotopic (exact) mass is 340 g/mol. The highest BCUT2D eigenvalue weighted by Gasteiger charge is 2.16. The smallest absolute Gasteiger partial charge is 0.137 e. The number of hydrogen-bond acceptors (Lipinski definition) is 2. The molecule has 124 valence electrons. The van der Waals surface area contributed by atoms with Gasteiger partial charge in [0.05, 0.1) is 6.61 Å². The second-order valence-corrected chi connectivity index (χ2v) is 6.18. The van der Waals surface area contributed by atoms with Crippen molar-refractivity contribution in [2.24, 2.45) is 0 Å². The maximum Gasteiger partial charge on any atom is 0.137 e. The van der Waals surface area contributed by atoms with E-state index in [2.05, 4.69) is 37.3 Å². The summed E-state index contributed by atoms with van der Waals surface area (Å²) in [4.78, 5) is 0. The number of benzene rings is 3. The van der Waals surface area contributed by atoms with Crippen molar-refractivity contribution in [1.29, 1.82) is 0 Å². The summed E-state index contributed by atoms with van der Waals surface area (Å²) < 4.78 is 11.6. The average Bonchev–Trinajstić information content (AvgIpc) is 2.65. The fraction of sp³-hybridized carbons (Fsp3) is 0.238. The summed E-state index contributed by atoms with van der Waals surface area (Å²) >= 11 is 6.36. The van der Waals surface area contributed by atoms with Crippen LogP contribution >= 0.6 is 11.6 Å². The van der Waals surface area contributed by atoms with Gasteiger partial charge in [-0.05, 0) is 17.0 Å². The molecule has 2 nitrogen and oxygen atoms in total. The molecular weight excluding hydrogens is 320 g/mol. The highest BCUT2D eigenvalue weighted by molar-refractivity contribution is 6.20. The van der Waals surface area contributed by atoms with Crippen molar-refractivity contribution in [3.05, 3.63) is 78.4 Å². The lowest BCUT2D eigenvalue weighted by molar-refractivity contribution is 0.0678. The van der Waals surface area contributed by atoms with Gasteiger partial charge in [-0.1, -0.05) is 85.3 Å². The van der Waals surface area contributed by atoms with Gasteiger partial charge in [0.25, 0.3) is 0 Å². The van der Waals surface area contributed by atoms with E-state index >= 15 is 0 Å². The summed E-state index contributed by atoms with van der Waals surface area (Å²) in [6, 6.07) is 24.4. The van der Waals surface area contributed by atoms with Crippen LogP contribution in [0.25, 0.3) is 10.8 Å². The van der Waals surface area contributed by atoms with E-state index < -0.39 is 0 Å². The van der Waals surface area contributed by atoms with Gasteiger partial charge in [0.2, 0.25) is 0 Å². The molecule has 3 aromatic rings. The van der Waals surface area contributed by atoms with Crippen LogP contribution in [0.1, 0.15) is 18.4 Å². The summed E-state index contributed by atoms with van der Waals surface area (Å²) in [6.07, 6.45) is 0. The van der Waals surface area contributed by atoms with Gasteiger partial charge < -0.3 is 9.47 Å². The van der Waals surface area contributed by atoms with Crippen LogP contribution in [0.4, 0.5) is 0 Å². The minimum absolute atomic E-state index is 0.130. The third-order valence-electron chi connectivity index (χ3n) is 4.09. The van der Waals surface area contributed by atoms with Gasteiger partial charge >= 0.3 is 0 Å². The lowest BCUT2D eigenvalue weighted by atomic mass is 10.0. The number of hydrogen-bond donors (Lipinski definition) is 0. The second kappa shape index (κ2) is 8.18. The zero-order valence-corrected chi connectivity index (χ0v) is 14.4. The Kier molecular flexibility index (Phi) is 5.73. The van der Waals surface area contributed by atoms with Crippen LogP contribution in [0, 0.1) is 0 Å². The van der Waals surface area contributed by atoms with E-state index in [4.69, 9.17) is 21.1 Å². The molecule has 0 heterocycles. The molecule has 3 rings (SSSR count). The molecule has 2 unspecified atom stereocenters. The molecule has 2 atom stereocenters. The van der Waals surface area contributed by atoms with E-state index in [1.807, 2.05) is 42.5 Å². The lowest BCUT2D eigenvalue weighted by Gasteiger charge is -2.19. The highest BCUT2D eigenvalue weighted by Crippen LogP contribution is 2.26. The number of alkyl halides is 1. The molecular formula is C21H21ClO2. The molecule has 0 aliphatic carbocycles. The van der Waals surface area contributed by atoms with Crippen LogP contribution in [0.5, 0.6) is 5.75 Å². The Hall–Kier alpha value is -2.03. The zero-order chi connectivity index (χ0) is 16.8. The molecule has 0 aliphatic heterocycles. The Morgan fingerprint density at radius 1 is 0.833 bits per heavy atom. The molecule has 0 aliphatic rings. The highest BCUT2D eigenvalue weighted by atomic mass is 35.5. The number of rotatable bonds is 7. The SMILES string of the molecule is CC(c1ccccc1)C(Cl)OCCOc1cccc2ccccc12. The van der Waals surface area contributed by atoms with Gasteiger partial charge in [-0.3, -0.25) is 0 Å². The molecule has 0 bridgehead atoms. The molecule has 0 N–H and O–H groups in total. The van der Waals surface area contributed by atoms with Gasteiger partial charge in [0, 0.05) is 11.3 Å². The van der Waals surface area contributed by atoms with Gasteiger partial charge in [-0.2, -0.15) is 0 Å². The van der Waals surface area contributed by atoms with Crippen LogP contribution in [0.2, 0.25) is 0 Å². The Labute approximate surface area is 148 Å². The number of halogens is 1. The molecule has 24 heavy (non-hydrogen) atoms. The molecule has 3 heteroatoms. The van der Waals surface area contributed by atoms with Crippen molar-refractivity contribution in [3.8, 4) is 5.75 Å². The van der Waals surface area contributed by atoms with E-state index in [1.54, 1.807) is 0 Å². The minimum atomic E-state index is -0.372. The van der Waals surface area contributed by atoms with Gasteiger partial charge in [-0.25, -0.2) is 0 Å². The van der Waals surface area contributed by atoms with Crippen LogP contribution in [0.3, 0.4) is 0 Å². The summed E-state index contributed by atoms with van der Waals surface area (Å²) in [7, 11) is 0. The average molecular weight is 341 g/mol. The first-order chi connectivity index (χ1) is 11.8. The van der Waals surface area contributed by atoms with Crippen LogP contribution in [-0.4, -0.2) is 18.8 Å². The van der Waals surface area contributed by atoms with Crippen LogP contribution < -0.4 is 4.74 Å². The molecule has 0 fully saturated rings. The van der Waals surface area contributed by atoms with Crippen molar-refractivity contribution in [2.75, 3.05) is 13.2 Å². The molecule has 3 aromatic carbocycles. The van der Waals surface area contributed by atoms with Crippen molar-refractivity contribution in [2.45, 2.75) is 18.4 Å². The van der Waals surface area contributed by atoms with E-state index in [9.17, 15) is 0 Å². The van der Waals surface area contributed by atoms with E-state index in [1.165, 1.54) is 10.9 Å². The lowest BCUT2D eigenvalue weighted by Crippen LogP contribution is -2.17. The van der Waals surface area contributed by atoms with Gasteiger partial charge in [0.15, 0.2) is 0 Å². The topological polar surface area (TPSA) is 18.5 Å². The largest absolute Gasteiger partial charge is 0.491 e. The molecule has 0 saturated carbocycles. The minimum Gasteiger partial charge on any atom is -0.491 e. The normalized spacial score (nSPS) is 13.6. The predicted octanol–water partition coefficient (Wildman–Crippen LogP) is 5.60. The first-order valence-electron chi connectivity index (χ1n) is 8.17. The summed E-state index contributed by atoms with van der Waals surface area (Å²) in [5.74, 6) is 1.00. The standard InChI is InChI=1S/C21H21ClO2/c1-16(17-8-3-2-4-9-17)21(22)24-15-14-23-20-13-7-11-18-10-5-6-12-19(18)20/h2-13,16,21H,14-15H2,1H3. The maximum atomic E-state index is 6.36. The fourth-order valence-electron chi connectivity index (χ4n) is 2.69. The van der Waals surface area contributed by atoms with Crippen molar-refractivity contribution in [1.82, 2.24) is 0 Å². The Morgan fingerprint density at radius 2 is 1.54 bits per heavy atom. The molecule has 0 radical (unpaired) electrons. The van der Waals surface area contributed by atoms with E-state index in [0.29, 0.717) is 13.2 Å². The van der Waals surface area contributed by atoms with Gasteiger partial charge in [0.1, 0.15) is 17.9 Å². The van der Waals surface area contributed by atoms with Gasteiger partial charge in [-0.15, -0.1) is 0 Å². The Balaban J connectivity index is 1.51. The van der Waals surface area contributed by atoms with Crippen molar-refractivity contribution < 1.29 is 9.47 Å². The fourth-order valence-corrected chi connectivity index (χ4v) is 2.92. The molecule has 0 aromatic heterocycles. The summed E-state index contributed by atoms with van der Waals surface area (Å²) in [5, 5.41) is 2.28. The quantitative estimate of drug-likeness (QED) is 0.411. The maximum absolute atomic E-state index is 6.36. The Morgan fingerprint density at radius 3 is 2.38 bits per heavy atom. The second-order valence-electron chi connectivity index (χ2n) is 5.75. The Bertz CT molecular complexity index is 768. The summed E-state index contributed by atoms with van der Waals surface area (Å²) in [6.45, 7) is 2.99. The summed E-state index contributed by atoms with van der Waals surface area (Å²) in [5.41, 5.74) is 0.802. The number of fused-ring (bicyclic) bond motifs is 1. The first kappa shape index (κ1) is 16.8. The predicted molar refractivity (Wildman–Crippen MR) is 99.9 cm³/mol.